The van der Waals surface area contributed by atoms with Crippen molar-refractivity contribution in [3.63, 3.8) is 0 Å². The summed E-state index contributed by atoms with van der Waals surface area (Å²) in [6, 6.07) is 9.50. The summed E-state index contributed by atoms with van der Waals surface area (Å²) in [6.07, 6.45) is 1.60. The van der Waals surface area contributed by atoms with E-state index in [4.69, 9.17) is 0 Å². The van der Waals surface area contributed by atoms with E-state index in [0.29, 0.717) is 11.4 Å². The van der Waals surface area contributed by atoms with Gasteiger partial charge in [0.15, 0.2) is 0 Å². The van der Waals surface area contributed by atoms with Gasteiger partial charge in [-0.25, -0.2) is 9.37 Å². The standard InChI is InChI=1S/C15H16FN3O/c1-10(2)18-14-11(6-5-9-17-14)15(20)19-13-8-4-3-7-12(13)16/h3-10H,1-2H3,(H,17,18)(H,19,20). The molecule has 20 heavy (non-hydrogen) atoms. The van der Waals surface area contributed by atoms with E-state index in [0.717, 1.165) is 0 Å². The van der Waals surface area contributed by atoms with Crippen molar-refractivity contribution in [2.45, 2.75) is 19.9 Å². The first-order valence-electron chi connectivity index (χ1n) is 6.35. The third-order valence-electron chi connectivity index (χ3n) is 2.60. The number of pyridine rings is 1. The van der Waals surface area contributed by atoms with E-state index in [-0.39, 0.29) is 11.7 Å². The average Bonchev–Trinajstić information content (AvgIpc) is 2.41. The largest absolute Gasteiger partial charge is 0.367 e. The molecule has 0 unspecified atom stereocenters. The number of amides is 1. The first kappa shape index (κ1) is 14.0. The fourth-order valence-corrected chi connectivity index (χ4v) is 1.73. The number of carbonyl (C=O) groups excluding carboxylic acids is 1. The minimum absolute atomic E-state index is 0.143. The predicted molar refractivity (Wildman–Crippen MR) is 77.3 cm³/mol. The average molecular weight is 273 g/mol. The van der Waals surface area contributed by atoms with Crippen LogP contribution in [0.3, 0.4) is 0 Å². The monoisotopic (exact) mass is 273 g/mol. The molecule has 1 heterocycles. The lowest BCUT2D eigenvalue weighted by atomic mass is 10.2. The molecule has 0 bridgehead atoms. The highest BCUT2D eigenvalue weighted by atomic mass is 19.1. The summed E-state index contributed by atoms with van der Waals surface area (Å²) >= 11 is 0. The molecular weight excluding hydrogens is 257 g/mol. The van der Waals surface area contributed by atoms with Crippen molar-refractivity contribution >= 4 is 17.4 Å². The Kier molecular flexibility index (Phi) is 4.30. The van der Waals surface area contributed by atoms with Crippen LogP contribution in [0.15, 0.2) is 42.6 Å². The molecule has 0 atom stereocenters. The third-order valence-corrected chi connectivity index (χ3v) is 2.60. The van der Waals surface area contributed by atoms with Gasteiger partial charge in [0, 0.05) is 12.2 Å². The van der Waals surface area contributed by atoms with Crippen LogP contribution in [0, 0.1) is 5.82 Å². The Balaban J connectivity index is 2.23. The van der Waals surface area contributed by atoms with Crippen LogP contribution in [0.4, 0.5) is 15.9 Å². The van der Waals surface area contributed by atoms with Crippen molar-refractivity contribution in [3.8, 4) is 0 Å². The summed E-state index contributed by atoms with van der Waals surface area (Å²) in [5, 5.41) is 5.64. The predicted octanol–water partition coefficient (Wildman–Crippen LogP) is 3.29. The number of halogens is 1. The molecule has 1 aromatic carbocycles. The fraction of sp³-hybridized carbons (Fsp3) is 0.200. The van der Waals surface area contributed by atoms with Crippen LogP contribution in [0.1, 0.15) is 24.2 Å². The van der Waals surface area contributed by atoms with Gasteiger partial charge in [0.05, 0.1) is 11.3 Å². The van der Waals surface area contributed by atoms with Crippen molar-refractivity contribution in [1.82, 2.24) is 4.98 Å². The Morgan fingerprint density at radius 3 is 2.65 bits per heavy atom. The van der Waals surface area contributed by atoms with Gasteiger partial charge in [-0.05, 0) is 38.1 Å². The molecule has 2 N–H and O–H groups in total. The second-order valence-corrected chi connectivity index (χ2v) is 4.63. The van der Waals surface area contributed by atoms with Gasteiger partial charge in [0.2, 0.25) is 0 Å². The smallest absolute Gasteiger partial charge is 0.259 e. The molecule has 0 aliphatic heterocycles. The number of aromatic nitrogens is 1. The molecule has 0 aliphatic rings. The zero-order valence-corrected chi connectivity index (χ0v) is 11.4. The van der Waals surface area contributed by atoms with Gasteiger partial charge in [-0.3, -0.25) is 4.79 Å². The molecule has 0 spiro atoms. The molecule has 0 aliphatic carbocycles. The number of benzene rings is 1. The van der Waals surface area contributed by atoms with E-state index in [2.05, 4.69) is 15.6 Å². The van der Waals surface area contributed by atoms with E-state index in [9.17, 15) is 9.18 Å². The van der Waals surface area contributed by atoms with Crippen LogP contribution in [-0.2, 0) is 0 Å². The van der Waals surface area contributed by atoms with Gasteiger partial charge in [0.25, 0.3) is 5.91 Å². The SMILES string of the molecule is CC(C)Nc1ncccc1C(=O)Nc1ccccc1F. The third kappa shape index (κ3) is 3.32. The maximum atomic E-state index is 13.5. The molecule has 0 radical (unpaired) electrons. The molecule has 0 saturated carbocycles. The summed E-state index contributed by atoms with van der Waals surface area (Å²) in [4.78, 5) is 16.3. The number of hydrogen-bond donors (Lipinski definition) is 2. The summed E-state index contributed by atoms with van der Waals surface area (Å²) in [5.74, 6) is -0.384. The molecule has 104 valence electrons. The highest BCUT2D eigenvalue weighted by Crippen LogP contribution is 2.17. The zero-order chi connectivity index (χ0) is 14.5. The van der Waals surface area contributed by atoms with E-state index in [1.165, 1.54) is 12.1 Å². The first-order valence-corrected chi connectivity index (χ1v) is 6.35. The molecule has 1 amide bonds. The Morgan fingerprint density at radius 2 is 1.95 bits per heavy atom. The van der Waals surface area contributed by atoms with E-state index in [1.807, 2.05) is 13.8 Å². The number of nitrogens with one attached hydrogen (secondary N) is 2. The molecule has 0 saturated heterocycles. The van der Waals surface area contributed by atoms with Crippen LogP contribution < -0.4 is 10.6 Å². The quantitative estimate of drug-likeness (QED) is 0.898. The lowest BCUT2D eigenvalue weighted by Crippen LogP contribution is -2.19. The van der Waals surface area contributed by atoms with Gasteiger partial charge in [-0.15, -0.1) is 0 Å². The van der Waals surface area contributed by atoms with E-state index in [1.54, 1.807) is 30.5 Å². The minimum Gasteiger partial charge on any atom is -0.367 e. The maximum absolute atomic E-state index is 13.5. The Bertz CT molecular complexity index is 614. The topological polar surface area (TPSA) is 54.0 Å². The van der Waals surface area contributed by atoms with Gasteiger partial charge in [-0.2, -0.15) is 0 Å². The van der Waals surface area contributed by atoms with Crippen LogP contribution in [0.25, 0.3) is 0 Å². The normalized spacial score (nSPS) is 10.4. The molecule has 5 heteroatoms. The first-order chi connectivity index (χ1) is 9.58. The van der Waals surface area contributed by atoms with Crippen molar-refractivity contribution in [1.29, 1.82) is 0 Å². The van der Waals surface area contributed by atoms with Crippen molar-refractivity contribution in [3.05, 3.63) is 54.0 Å². The minimum atomic E-state index is -0.469. The number of anilines is 2. The summed E-state index contributed by atoms with van der Waals surface area (Å²) in [7, 11) is 0. The highest BCUT2D eigenvalue weighted by Gasteiger charge is 2.14. The fourth-order valence-electron chi connectivity index (χ4n) is 1.73. The highest BCUT2D eigenvalue weighted by molar-refractivity contribution is 6.07. The van der Waals surface area contributed by atoms with Gasteiger partial charge in [-0.1, -0.05) is 12.1 Å². The molecule has 4 nitrogen and oxygen atoms in total. The lowest BCUT2D eigenvalue weighted by molar-refractivity contribution is 0.102. The van der Waals surface area contributed by atoms with Crippen LogP contribution >= 0.6 is 0 Å². The Labute approximate surface area is 117 Å². The van der Waals surface area contributed by atoms with Crippen molar-refractivity contribution in [2.24, 2.45) is 0 Å². The number of para-hydroxylation sites is 1. The Hall–Kier alpha value is -2.43. The Morgan fingerprint density at radius 1 is 1.20 bits per heavy atom. The second-order valence-electron chi connectivity index (χ2n) is 4.63. The maximum Gasteiger partial charge on any atom is 0.259 e. The van der Waals surface area contributed by atoms with Gasteiger partial charge >= 0.3 is 0 Å². The molecule has 1 aromatic heterocycles. The number of nitrogens with zero attached hydrogens (tertiary/aromatic N) is 1. The number of rotatable bonds is 4. The summed E-state index contributed by atoms with van der Waals surface area (Å²) in [5.41, 5.74) is 0.529. The molecule has 2 aromatic rings. The second kappa shape index (κ2) is 6.14. The van der Waals surface area contributed by atoms with Crippen LogP contribution in [0.5, 0.6) is 0 Å². The molecular formula is C15H16FN3O. The van der Waals surface area contributed by atoms with Gasteiger partial charge in [0.1, 0.15) is 11.6 Å². The van der Waals surface area contributed by atoms with E-state index >= 15 is 0 Å². The van der Waals surface area contributed by atoms with Crippen LogP contribution in [0.2, 0.25) is 0 Å². The van der Waals surface area contributed by atoms with Crippen LogP contribution in [-0.4, -0.2) is 16.9 Å². The zero-order valence-electron chi connectivity index (χ0n) is 11.4. The number of hydrogen-bond acceptors (Lipinski definition) is 3. The van der Waals surface area contributed by atoms with Crippen molar-refractivity contribution < 1.29 is 9.18 Å². The van der Waals surface area contributed by atoms with Gasteiger partial charge < -0.3 is 10.6 Å². The lowest BCUT2D eigenvalue weighted by Gasteiger charge is -2.13. The molecule has 0 fully saturated rings. The van der Waals surface area contributed by atoms with E-state index < -0.39 is 11.7 Å². The van der Waals surface area contributed by atoms with Crippen molar-refractivity contribution in [2.75, 3.05) is 10.6 Å². The number of carbonyl (C=O) groups is 1. The summed E-state index contributed by atoms with van der Waals surface area (Å²) < 4.78 is 13.5. The molecule has 2 rings (SSSR count). The summed E-state index contributed by atoms with van der Waals surface area (Å²) in [6.45, 7) is 3.90.